The second-order valence-electron chi connectivity index (χ2n) is 3.69. The number of benzene rings is 1. The van der Waals surface area contributed by atoms with Crippen LogP contribution in [0.3, 0.4) is 0 Å². The minimum Gasteiger partial charge on any atom is -0.508 e. The number of halogens is 1. The Hall–Kier alpha value is -1.66. The van der Waals surface area contributed by atoms with Gasteiger partial charge in [-0.3, -0.25) is 4.79 Å². The van der Waals surface area contributed by atoms with Gasteiger partial charge in [-0.1, -0.05) is 23.5 Å². The molecule has 18 heavy (non-hydrogen) atoms. The lowest BCUT2D eigenvalue weighted by Gasteiger charge is -2.15. The zero-order valence-electron chi connectivity index (χ0n) is 9.50. The van der Waals surface area contributed by atoms with Crippen molar-refractivity contribution in [2.24, 2.45) is 0 Å². The van der Waals surface area contributed by atoms with Crippen molar-refractivity contribution < 1.29 is 9.90 Å². The van der Waals surface area contributed by atoms with Gasteiger partial charge in [-0.05, 0) is 29.3 Å². The molecule has 0 unspecified atom stereocenters. The van der Waals surface area contributed by atoms with E-state index in [-0.39, 0.29) is 21.1 Å². The average molecular weight is 284 g/mol. The van der Waals surface area contributed by atoms with E-state index < -0.39 is 0 Å². The molecule has 0 bridgehead atoms. The predicted molar refractivity (Wildman–Crippen MR) is 68.8 cm³/mol. The zero-order chi connectivity index (χ0) is 13.1. The van der Waals surface area contributed by atoms with Crippen molar-refractivity contribution in [3.8, 4) is 5.75 Å². The average Bonchev–Trinajstić information content (AvgIpc) is 2.75. The maximum Gasteiger partial charge on any atom is 0.284 e. The topological polar surface area (TPSA) is 66.3 Å². The molecule has 0 aliphatic heterocycles. The molecule has 1 amide bonds. The molecule has 1 aromatic heterocycles. The molecule has 0 spiro atoms. The molecular formula is C11H10ClN3O2S. The van der Waals surface area contributed by atoms with E-state index in [2.05, 4.69) is 10.2 Å². The highest BCUT2D eigenvalue weighted by molar-refractivity contribution is 7.17. The lowest BCUT2D eigenvalue weighted by atomic mass is 10.2. The summed E-state index contributed by atoms with van der Waals surface area (Å²) in [5, 5.41) is 16.9. The van der Waals surface area contributed by atoms with E-state index in [1.165, 1.54) is 4.90 Å². The number of aromatic nitrogens is 2. The Balaban J connectivity index is 2.08. The quantitative estimate of drug-likeness (QED) is 0.937. The number of hydrogen-bond donors (Lipinski definition) is 1. The van der Waals surface area contributed by atoms with E-state index in [9.17, 15) is 9.90 Å². The third kappa shape index (κ3) is 2.96. The Kier molecular flexibility index (Phi) is 3.78. The van der Waals surface area contributed by atoms with Gasteiger partial charge in [-0.25, -0.2) is 0 Å². The first-order valence-corrected chi connectivity index (χ1v) is 6.28. The molecule has 0 aliphatic rings. The third-order valence-electron chi connectivity index (χ3n) is 2.26. The molecule has 1 N–H and O–H groups in total. The standard InChI is InChI=1S/C11H10ClN3O2S/c1-15(6-7-3-2-4-8(16)5-7)10(17)9-13-14-11(12)18-9/h2-5,16H,6H2,1H3. The summed E-state index contributed by atoms with van der Waals surface area (Å²) < 4.78 is 0.240. The van der Waals surface area contributed by atoms with E-state index in [0.29, 0.717) is 6.54 Å². The van der Waals surface area contributed by atoms with Gasteiger partial charge < -0.3 is 10.0 Å². The van der Waals surface area contributed by atoms with Crippen LogP contribution in [0, 0.1) is 0 Å². The van der Waals surface area contributed by atoms with Crippen molar-refractivity contribution >= 4 is 28.8 Å². The van der Waals surface area contributed by atoms with E-state index in [4.69, 9.17) is 11.6 Å². The molecule has 1 aromatic carbocycles. The first-order chi connectivity index (χ1) is 8.56. The lowest BCUT2D eigenvalue weighted by Crippen LogP contribution is -2.26. The van der Waals surface area contributed by atoms with Crippen LogP contribution in [0.2, 0.25) is 4.47 Å². The predicted octanol–water partition coefficient (Wildman–Crippen LogP) is 2.17. The highest BCUT2D eigenvalue weighted by atomic mass is 35.5. The van der Waals surface area contributed by atoms with Crippen LogP contribution in [0.25, 0.3) is 0 Å². The van der Waals surface area contributed by atoms with Crippen LogP contribution in [-0.4, -0.2) is 33.2 Å². The largest absolute Gasteiger partial charge is 0.508 e. The van der Waals surface area contributed by atoms with Crippen LogP contribution < -0.4 is 0 Å². The van der Waals surface area contributed by atoms with Gasteiger partial charge in [0.05, 0.1) is 0 Å². The van der Waals surface area contributed by atoms with Gasteiger partial charge in [0.25, 0.3) is 5.91 Å². The Bertz CT molecular complexity index is 573. The first-order valence-electron chi connectivity index (χ1n) is 5.08. The van der Waals surface area contributed by atoms with Crippen molar-refractivity contribution in [2.45, 2.75) is 6.54 Å². The van der Waals surface area contributed by atoms with E-state index in [0.717, 1.165) is 16.9 Å². The van der Waals surface area contributed by atoms with Gasteiger partial charge in [-0.15, -0.1) is 10.2 Å². The normalized spacial score (nSPS) is 10.3. The fourth-order valence-corrected chi connectivity index (χ4v) is 2.28. The van der Waals surface area contributed by atoms with Gasteiger partial charge >= 0.3 is 0 Å². The van der Waals surface area contributed by atoms with Crippen LogP contribution in [0.1, 0.15) is 15.4 Å². The highest BCUT2D eigenvalue weighted by Crippen LogP contribution is 2.18. The molecule has 0 saturated heterocycles. The fraction of sp³-hybridized carbons (Fsp3) is 0.182. The number of carbonyl (C=O) groups excluding carboxylic acids is 1. The Labute approximate surface area is 113 Å². The number of nitrogens with zero attached hydrogens (tertiary/aromatic N) is 3. The van der Waals surface area contributed by atoms with Gasteiger partial charge in [0, 0.05) is 13.6 Å². The number of aromatic hydroxyl groups is 1. The van der Waals surface area contributed by atoms with Gasteiger partial charge in [0.2, 0.25) is 9.47 Å². The van der Waals surface area contributed by atoms with Crippen LogP contribution >= 0.6 is 22.9 Å². The van der Waals surface area contributed by atoms with Crippen molar-refractivity contribution in [3.63, 3.8) is 0 Å². The summed E-state index contributed by atoms with van der Waals surface area (Å²) in [4.78, 5) is 13.5. The van der Waals surface area contributed by atoms with Gasteiger partial charge in [-0.2, -0.15) is 0 Å². The number of phenols is 1. The van der Waals surface area contributed by atoms with Gasteiger partial charge in [0.15, 0.2) is 0 Å². The Morgan fingerprint density at radius 2 is 2.28 bits per heavy atom. The molecule has 2 rings (SSSR count). The summed E-state index contributed by atoms with van der Waals surface area (Å²) in [5.74, 6) is -0.0740. The molecule has 0 atom stereocenters. The molecule has 1 heterocycles. The molecule has 7 heteroatoms. The maximum atomic E-state index is 12.0. The number of amides is 1. The molecular weight excluding hydrogens is 274 g/mol. The Morgan fingerprint density at radius 1 is 1.50 bits per heavy atom. The van der Waals surface area contributed by atoms with Crippen LogP contribution in [0.4, 0.5) is 0 Å². The summed E-state index contributed by atoms with van der Waals surface area (Å²) >= 11 is 6.67. The molecule has 2 aromatic rings. The van der Waals surface area contributed by atoms with Crippen LogP contribution in [-0.2, 0) is 6.54 Å². The summed E-state index contributed by atoms with van der Waals surface area (Å²) in [7, 11) is 1.65. The second-order valence-corrected chi connectivity index (χ2v) is 5.25. The molecule has 5 nitrogen and oxygen atoms in total. The number of carbonyl (C=O) groups is 1. The maximum absolute atomic E-state index is 12.0. The van der Waals surface area contributed by atoms with Gasteiger partial charge in [0.1, 0.15) is 5.75 Å². The molecule has 0 radical (unpaired) electrons. The highest BCUT2D eigenvalue weighted by Gasteiger charge is 2.16. The lowest BCUT2D eigenvalue weighted by molar-refractivity contribution is 0.0783. The summed E-state index contributed by atoms with van der Waals surface area (Å²) in [6.45, 7) is 0.379. The number of rotatable bonds is 3. The second kappa shape index (κ2) is 5.32. The molecule has 94 valence electrons. The van der Waals surface area contributed by atoms with E-state index >= 15 is 0 Å². The minimum atomic E-state index is -0.247. The van der Waals surface area contributed by atoms with Crippen molar-refractivity contribution in [2.75, 3.05) is 7.05 Å². The number of phenolic OH excluding ortho intramolecular Hbond substituents is 1. The van der Waals surface area contributed by atoms with E-state index in [1.54, 1.807) is 25.2 Å². The van der Waals surface area contributed by atoms with Crippen molar-refractivity contribution in [1.82, 2.24) is 15.1 Å². The SMILES string of the molecule is CN(Cc1cccc(O)c1)C(=O)c1nnc(Cl)s1. The zero-order valence-corrected chi connectivity index (χ0v) is 11.1. The number of hydrogen-bond acceptors (Lipinski definition) is 5. The minimum absolute atomic E-state index is 0.173. The summed E-state index contributed by atoms with van der Waals surface area (Å²) in [6, 6.07) is 6.74. The molecule has 0 saturated carbocycles. The van der Waals surface area contributed by atoms with Crippen molar-refractivity contribution in [3.05, 3.63) is 39.3 Å². The monoisotopic (exact) mass is 283 g/mol. The van der Waals surface area contributed by atoms with Crippen LogP contribution in [0.15, 0.2) is 24.3 Å². The van der Waals surface area contributed by atoms with Crippen molar-refractivity contribution in [1.29, 1.82) is 0 Å². The Morgan fingerprint density at radius 3 is 2.89 bits per heavy atom. The fourth-order valence-electron chi connectivity index (χ4n) is 1.46. The summed E-state index contributed by atoms with van der Waals surface area (Å²) in [5.41, 5.74) is 0.835. The molecule has 0 aliphatic carbocycles. The third-order valence-corrected chi connectivity index (χ3v) is 3.27. The summed E-state index contributed by atoms with van der Waals surface area (Å²) in [6.07, 6.45) is 0. The molecule has 0 fully saturated rings. The first kappa shape index (κ1) is 12.8. The smallest absolute Gasteiger partial charge is 0.284 e. The van der Waals surface area contributed by atoms with E-state index in [1.807, 2.05) is 6.07 Å². The van der Waals surface area contributed by atoms with Crippen LogP contribution in [0.5, 0.6) is 5.75 Å².